The minimum Gasteiger partial charge on any atom is -0.464 e. The number of hydrogen-bond donors (Lipinski definition) is 1. The first-order chi connectivity index (χ1) is 9.56. The number of nitrogens with zero attached hydrogens (tertiary/aromatic N) is 3. The topological polar surface area (TPSA) is 90.5 Å². The first-order valence-corrected chi connectivity index (χ1v) is 6.81. The summed E-state index contributed by atoms with van der Waals surface area (Å²) >= 11 is 0. The first-order valence-electron chi connectivity index (χ1n) is 6.81. The van der Waals surface area contributed by atoms with Crippen molar-refractivity contribution in [2.24, 2.45) is 7.05 Å². The molecule has 1 fully saturated rings. The Balaban J connectivity index is 2.21. The Kier molecular flexibility index (Phi) is 4.26. The highest BCUT2D eigenvalue weighted by molar-refractivity contribution is 6.00. The van der Waals surface area contributed by atoms with E-state index in [9.17, 15) is 9.59 Å². The maximum Gasteiger partial charge on any atom is 0.328 e. The second-order valence-corrected chi connectivity index (χ2v) is 4.83. The van der Waals surface area contributed by atoms with E-state index in [1.54, 1.807) is 18.9 Å². The van der Waals surface area contributed by atoms with Gasteiger partial charge in [-0.15, -0.1) is 0 Å². The van der Waals surface area contributed by atoms with Crippen LogP contribution < -0.4 is 5.73 Å². The molecule has 20 heavy (non-hydrogen) atoms. The van der Waals surface area contributed by atoms with E-state index >= 15 is 0 Å². The Morgan fingerprint density at radius 1 is 1.50 bits per heavy atom. The van der Waals surface area contributed by atoms with Gasteiger partial charge in [0.25, 0.3) is 5.91 Å². The monoisotopic (exact) mass is 280 g/mol. The van der Waals surface area contributed by atoms with E-state index in [-0.39, 0.29) is 11.9 Å². The van der Waals surface area contributed by atoms with Crippen LogP contribution >= 0.6 is 0 Å². The number of nitrogens with two attached hydrogens (primary N) is 1. The highest BCUT2D eigenvalue weighted by Gasteiger charge is 2.34. The van der Waals surface area contributed by atoms with Crippen LogP contribution in [0.2, 0.25) is 0 Å². The number of anilines is 1. The van der Waals surface area contributed by atoms with E-state index in [0.717, 1.165) is 12.8 Å². The fourth-order valence-electron chi connectivity index (χ4n) is 2.42. The van der Waals surface area contributed by atoms with Gasteiger partial charge in [0.1, 0.15) is 17.4 Å². The lowest BCUT2D eigenvalue weighted by Gasteiger charge is -2.33. The zero-order chi connectivity index (χ0) is 14.7. The van der Waals surface area contributed by atoms with E-state index in [1.807, 2.05) is 0 Å². The molecule has 2 heterocycles. The van der Waals surface area contributed by atoms with Crippen molar-refractivity contribution >= 4 is 17.7 Å². The second kappa shape index (κ2) is 5.94. The van der Waals surface area contributed by atoms with E-state index in [2.05, 4.69) is 5.10 Å². The van der Waals surface area contributed by atoms with Crippen molar-refractivity contribution in [1.29, 1.82) is 0 Å². The van der Waals surface area contributed by atoms with Crippen molar-refractivity contribution in [3.05, 3.63) is 11.8 Å². The van der Waals surface area contributed by atoms with Crippen LogP contribution in [0.3, 0.4) is 0 Å². The number of rotatable bonds is 3. The predicted molar refractivity (Wildman–Crippen MR) is 72.9 cm³/mol. The Hall–Kier alpha value is -2.05. The van der Waals surface area contributed by atoms with Crippen molar-refractivity contribution in [2.75, 3.05) is 18.9 Å². The summed E-state index contributed by atoms with van der Waals surface area (Å²) in [5, 5.41) is 3.97. The highest BCUT2D eigenvalue weighted by Crippen LogP contribution is 2.22. The molecule has 1 atom stereocenters. The largest absolute Gasteiger partial charge is 0.464 e. The van der Waals surface area contributed by atoms with Crippen LogP contribution in [0.1, 0.15) is 36.5 Å². The van der Waals surface area contributed by atoms with Gasteiger partial charge >= 0.3 is 5.97 Å². The van der Waals surface area contributed by atoms with Crippen LogP contribution in [0.4, 0.5) is 5.82 Å². The molecule has 0 saturated carbocycles. The molecule has 1 aromatic rings. The van der Waals surface area contributed by atoms with Gasteiger partial charge in [0.05, 0.1) is 12.8 Å². The van der Waals surface area contributed by atoms with Gasteiger partial charge in [-0.1, -0.05) is 0 Å². The number of amides is 1. The van der Waals surface area contributed by atoms with Gasteiger partial charge in [-0.3, -0.25) is 9.48 Å². The molecule has 0 radical (unpaired) electrons. The van der Waals surface area contributed by atoms with Crippen molar-refractivity contribution < 1.29 is 14.3 Å². The molecule has 0 aromatic carbocycles. The van der Waals surface area contributed by atoms with E-state index in [1.165, 1.54) is 10.9 Å². The third kappa shape index (κ3) is 2.61. The average molecular weight is 280 g/mol. The Bertz CT molecular complexity index is 512. The zero-order valence-corrected chi connectivity index (χ0v) is 11.8. The minimum atomic E-state index is -0.518. The summed E-state index contributed by atoms with van der Waals surface area (Å²) in [5.74, 6) is -0.292. The van der Waals surface area contributed by atoms with Gasteiger partial charge in [0, 0.05) is 13.6 Å². The zero-order valence-electron chi connectivity index (χ0n) is 11.8. The lowest BCUT2D eigenvalue weighted by molar-refractivity contribution is -0.149. The van der Waals surface area contributed by atoms with Crippen molar-refractivity contribution in [3.63, 3.8) is 0 Å². The fraction of sp³-hybridized carbons (Fsp3) is 0.615. The number of esters is 1. The molecular formula is C13H20N4O3. The molecule has 110 valence electrons. The molecule has 0 spiro atoms. The Morgan fingerprint density at radius 3 is 2.85 bits per heavy atom. The number of aryl methyl sites for hydroxylation is 1. The maximum atomic E-state index is 12.5. The second-order valence-electron chi connectivity index (χ2n) is 4.83. The highest BCUT2D eigenvalue weighted by atomic mass is 16.5. The number of ether oxygens (including phenoxy) is 1. The van der Waals surface area contributed by atoms with Crippen molar-refractivity contribution in [3.8, 4) is 0 Å². The third-order valence-corrected chi connectivity index (χ3v) is 3.54. The molecule has 1 aliphatic rings. The molecule has 1 saturated heterocycles. The normalized spacial score (nSPS) is 18.9. The van der Waals surface area contributed by atoms with Crippen LogP contribution in [0.15, 0.2) is 6.20 Å². The summed E-state index contributed by atoms with van der Waals surface area (Å²) in [4.78, 5) is 26.1. The lowest BCUT2D eigenvalue weighted by atomic mass is 10.0. The molecule has 1 aromatic heterocycles. The van der Waals surface area contributed by atoms with E-state index < -0.39 is 6.04 Å². The maximum absolute atomic E-state index is 12.5. The standard InChI is InChI=1S/C13H20N4O3/c1-3-20-13(19)10-6-4-5-7-17(10)12(18)9-8-15-16(2)11(9)14/h8,10H,3-7,14H2,1-2H3. The molecule has 1 aliphatic heterocycles. The van der Waals surface area contributed by atoms with Crippen LogP contribution in [-0.2, 0) is 16.6 Å². The average Bonchev–Trinajstić information content (AvgIpc) is 2.78. The SMILES string of the molecule is CCOC(=O)C1CCCCN1C(=O)c1cnn(C)c1N. The lowest BCUT2D eigenvalue weighted by Crippen LogP contribution is -2.48. The summed E-state index contributed by atoms with van der Waals surface area (Å²) in [6.45, 7) is 2.61. The molecule has 1 amide bonds. The summed E-state index contributed by atoms with van der Waals surface area (Å²) in [5.41, 5.74) is 6.16. The summed E-state index contributed by atoms with van der Waals surface area (Å²) in [7, 11) is 1.67. The van der Waals surface area contributed by atoms with Crippen LogP contribution in [0.5, 0.6) is 0 Å². The van der Waals surface area contributed by atoms with Crippen LogP contribution in [0.25, 0.3) is 0 Å². The molecule has 0 bridgehead atoms. The number of aromatic nitrogens is 2. The van der Waals surface area contributed by atoms with E-state index in [4.69, 9.17) is 10.5 Å². The van der Waals surface area contributed by atoms with Crippen LogP contribution in [0, 0.1) is 0 Å². The minimum absolute atomic E-state index is 0.256. The number of hydrogen-bond acceptors (Lipinski definition) is 5. The number of carbonyl (C=O) groups excluding carboxylic acids is 2. The predicted octanol–water partition coefficient (Wildman–Crippen LogP) is 0.560. The molecule has 7 nitrogen and oxygen atoms in total. The molecule has 1 unspecified atom stereocenters. The van der Waals surface area contributed by atoms with Gasteiger partial charge in [0.15, 0.2) is 0 Å². The number of likely N-dealkylation sites (tertiary alicyclic amines) is 1. The Morgan fingerprint density at radius 2 is 2.25 bits per heavy atom. The van der Waals surface area contributed by atoms with Gasteiger partial charge in [-0.2, -0.15) is 5.10 Å². The van der Waals surface area contributed by atoms with Gasteiger partial charge in [0.2, 0.25) is 0 Å². The molecule has 0 aliphatic carbocycles. The molecule has 7 heteroatoms. The first kappa shape index (κ1) is 14.4. The van der Waals surface area contributed by atoms with Gasteiger partial charge in [-0.25, -0.2) is 4.79 Å². The molecular weight excluding hydrogens is 260 g/mol. The molecule has 2 N–H and O–H groups in total. The third-order valence-electron chi connectivity index (χ3n) is 3.54. The summed E-state index contributed by atoms with van der Waals surface area (Å²) < 4.78 is 6.49. The van der Waals surface area contributed by atoms with Crippen LogP contribution in [-0.4, -0.2) is 45.8 Å². The Labute approximate surface area is 117 Å². The number of nitrogen functional groups attached to an aromatic ring is 1. The summed E-state index contributed by atoms with van der Waals surface area (Å²) in [6.07, 6.45) is 3.86. The van der Waals surface area contributed by atoms with Gasteiger partial charge < -0.3 is 15.4 Å². The number of carbonyl (C=O) groups is 2. The molecule has 2 rings (SSSR count). The van der Waals surface area contributed by atoms with Crippen molar-refractivity contribution in [1.82, 2.24) is 14.7 Å². The van der Waals surface area contributed by atoms with E-state index in [0.29, 0.717) is 31.0 Å². The fourth-order valence-corrected chi connectivity index (χ4v) is 2.42. The quantitative estimate of drug-likeness (QED) is 0.817. The van der Waals surface area contributed by atoms with Crippen molar-refractivity contribution in [2.45, 2.75) is 32.2 Å². The van der Waals surface area contributed by atoms with Gasteiger partial charge in [-0.05, 0) is 26.2 Å². The smallest absolute Gasteiger partial charge is 0.328 e. The number of piperidine rings is 1. The summed E-state index contributed by atoms with van der Waals surface area (Å²) in [6, 6.07) is -0.518.